The molecule has 7 heterocycles. The first-order valence-electron chi connectivity index (χ1n) is 22.5. The number of ether oxygens (including phenoxy) is 2. The average Bonchev–Trinajstić information content (AvgIpc) is 4.20. The van der Waals surface area contributed by atoms with Crippen molar-refractivity contribution in [1.82, 2.24) is 44.1 Å². The minimum Gasteiger partial charge on any atom is -0.493 e. The Bertz CT molecular complexity index is 2810. The molecule has 10 rings (SSSR count). The summed E-state index contributed by atoms with van der Waals surface area (Å²) in [6.45, 7) is 8.22. The van der Waals surface area contributed by atoms with Crippen molar-refractivity contribution < 1.29 is 42.4 Å². The molecule has 1 amide bonds. The normalized spacial score (nSPS) is 14.8. The van der Waals surface area contributed by atoms with Gasteiger partial charge in [-0.25, -0.2) is 18.7 Å². The van der Waals surface area contributed by atoms with Crippen LogP contribution in [0.3, 0.4) is 0 Å². The lowest BCUT2D eigenvalue weighted by Crippen LogP contribution is -2.33. The van der Waals surface area contributed by atoms with Gasteiger partial charge in [0.25, 0.3) is 0 Å². The zero-order valence-electron chi connectivity index (χ0n) is 37.5. The maximum absolute atomic E-state index is 14.5. The fourth-order valence-electron chi connectivity index (χ4n) is 8.53. The van der Waals surface area contributed by atoms with Crippen LogP contribution in [-0.2, 0) is 48.1 Å². The van der Waals surface area contributed by atoms with Gasteiger partial charge in [-0.1, -0.05) is 47.4 Å². The second-order valence-corrected chi connectivity index (χ2v) is 15.5. The number of allylic oxidation sites excluding steroid dienone is 2. The van der Waals surface area contributed by atoms with Crippen LogP contribution < -0.4 is 9.47 Å². The van der Waals surface area contributed by atoms with Gasteiger partial charge in [-0.3, -0.25) is 18.4 Å². The Balaban J connectivity index is 0.000000215. The number of fused-ring (bicyclic) bond motifs is 4. The number of hydrogen-bond donors (Lipinski definition) is 0. The zero-order valence-corrected chi connectivity index (χ0v) is 36.5. The highest BCUT2D eigenvalue weighted by molar-refractivity contribution is 5.88. The summed E-state index contributed by atoms with van der Waals surface area (Å²) in [7, 11) is 0. The van der Waals surface area contributed by atoms with Crippen LogP contribution in [-0.4, -0.2) is 88.7 Å². The molecule has 0 saturated carbocycles. The lowest BCUT2D eigenvalue weighted by Gasteiger charge is -2.25. The molecule has 2 aromatic carbocycles. The van der Waals surface area contributed by atoms with Crippen molar-refractivity contribution in [3.63, 3.8) is 0 Å². The topological polar surface area (TPSA) is 142 Å². The van der Waals surface area contributed by atoms with Crippen LogP contribution in [0.4, 0.5) is 22.0 Å². The van der Waals surface area contributed by atoms with E-state index in [0.717, 1.165) is 93.5 Å². The fourth-order valence-corrected chi connectivity index (χ4v) is 8.53. The Morgan fingerprint density at radius 1 is 0.779 bits per heavy atom. The highest BCUT2D eigenvalue weighted by Crippen LogP contribution is 2.34. The molecule has 4 aliphatic rings. The Kier molecular flexibility index (Phi) is 17.7. The third-order valence-corrected chi connectivity index (χ3v) is 11.7. The highest BCUT2D eigenvalue weighted by Gasteiger charge is 2.26. The van der Waals surface area contributed by atoms with Gasteiger partial charge in [0.05, 0.1) is 13.2 Å². The summed E-state index contributed by atoms with van der Waals surface area (Å²) in [5.41, 5.74) is 9.34. The SMILES string of the molecule is C.C.C=CC(=O)N1CC=C(c2cnc(CCc3c(F)ccc4c3CCO4)n3cnnc23)CC1.Fc1ccc2c(c1CCc1ncc(C3=CCCCC3)c3nncn13)CCO2.O=CC(F)(F)F.[2H]CC. The van der Waals surface area contributed by atoms with Gasteiger partial charge in [-0.05, 0) is 97.6 Å². The molecule has 362 valence electrons. The van der Waals surface area contributed by atoms with Gasteiger partial charge in [0.1, 0.15) is 47.4 Å². The predicted octanol–water partition coefficient (Wildman–Crippen LogP) is 9.77. The third kappa shape index (κ3) is 11.8. The largest absolute Gasteiger partial charge is 0.493 e. The van der Waals surface area contributed by atoms with Gasteiger partial charge in [0.2, 0.25) is 12.2 Å². The Labute approximate surface area is 394 Å². The number of amides is 1. The van der Waals surface area contributed by atoms with Gasteiger partial charge in [-0.15, -0.1) is 20.4 Å². The lowest BCUT2D eigenvalue weighted by molar-refractivity contribution is -0.156. The van der Waals surface area contributed by atoms with Crippen LogP contribution in [0.25, 0.3) is 22.4 Å². The summed E-state index contributed by atoms with van der Waals surface area (Å²) < 4.78 is 81.3. The Morgan fingerprint density at radius 3 is 1.71 bits per heavy atom. The van der Waals surface area contributed by atoms with Crippen molar-refractivity contribution >= 4 is 34.6 Å². The monoisotopic (exact) mass is 944 g/mol. The molecular weight excluding hydrogens is 886 g/mol. The smallest absolute Gasteiger partial charge is 0.446 e. The number of halogens is 5. The minimum atomic E-state index is -4.64. The number of aryl methyl sites for hydroxylation is 2. The summed E-state index contributed by atoms with van der Waals surface area (Å²) in [4.78, 5) is 31.6. The zero-order chi connectivity index (χ0) is 47.5. The number of rotatable bonds is 9. The molecule has 13 nitrogen and oxygen atoms in total. The van der Waals surface area contributed by atoms with E-state index in [-0.39, 0.29) is 32.4 Å². The Hall–Kier alpha value is -6.85. The number of aldehydes is 1. The van der Waals surface area contributed by atoms with E-state index in [1.807, 2.05) is 27.3 Å². The second kappa shape index (κ2) is 23.7. The van der Waals surface area contributed by atoms with Gasteiger partial charge in [-0.2, -0.15) is 13.2 Å². The summed E-state index contributed by atoms with van der Waals surface area (Å²) in [5.74, 6) is 2.79. The average molecular weight is 945 g/mol. The van der Waals surface area contributed by atoms with E-state index < -0.39 is 12.5 Å². The lowest BCUT2D eigenvalue weighted by atomic mass is 9.95. The second-order valence-electron chi connectivity index (χ2n) is 15.5. The molecule has 0 spiro atoms. The van der Waals surface area contributed by atoms with Crippen molar-refractivity contribution in [3.8, 4) is 11.5 Å². The molecular formula is C50H58F5N9O4. The minimum absolute atomic E-state index is 0. The number of carbonyl (C=O) groups is 2. The third-order valence-electron chi connectivity index (χ3n) is 11.7. The summed E-state index contributed by atoms with van der Waals surface area (Å²) >= 11 is 0. The molecule has 68 heavy (non-hydrogen) atoms. The number of hydrogen-bond acceptors (Lipinski definition) is 10. The quantitative estimate of drug-likeness (QED) is 0.0781. The van der Waals surface area contributed by atoms with E-state index in [0.29, 0.717) is 70.9 Å². The molecule has 0 unspecified atom stereocenters. The molecule has 0 fully saturated rings. The van der Waals surface area contributed by atoms with E-state index in [4.69, 9.17) is 15.6 Å². The first kappa shape index (κ1) is 50.6. The molecule has 0 radical (unpaired) electrons. The van der Waals surface area contributed by atoms with Gasteiger partial charge in [0.15, 0.2) is 11.3 Å². The molecule has 0 saturated heterocycles. The molecule has 4 aromatic heterocycles. The molecule has 0 atom stereocenters. The van der Waals surface area contributed by atoms with E-state index in [9.17, 15) is 26.7 Å². The van der Waals surface area contributed by atoms with E-state index in [1.165, 1.54) is 36.6 Å². The highest BCUT2D eigenvalue weighted by atomic mass is 19.4. The molecule has 0 bridgehead atoms. The van der Waals surface area contributed by atoms with E-state index in [1.54, 1.807) is 36.6 Å². The number of carbonyl (C=O) groups excluding carboxylic acids is 2. The van der Waals surface area contributed by atoms with Gasteiger partial charge in [0, 0.05) is 74.8 Å². The summed E-state index contributed by atoms with van der Waals surface area (Å²) in [6, 6.07) is 6.40. The molecule has 1 aliphatic carbocycles. The van der Waals surface area contributed by atoms with Crippen LogP contribution in [0.1, 0.15) is 107 Å². The van der Waals surface area contributed by atoms with Crippen LogP contribution >= 0.6 is 0 Å². The van der Waals surface area contributed by atoms with Crippen molar-refractivity contribution in [2.24, 2.45) is 0 Å². The number of alkyl halides is 3. The summed E-state index contributed by atoms with van der Waals surface area (Å²) in [6.07, 6.45) is 16.1. The van der Waals surface area contributed by atoms with E-state index in [2.05, 4.69) is 43.0 Å². The van der Waals surface area contributed by atoms with Crippen LogP contribution in [0.2, 0.25) is 0 Å². The number of nitrogens with zero attached hydrogens (tertiary/aromatic N) is 9. The maximum Gasteiger partial charge on any atom is 0.446 e. The van der Waals surface area contributed by atoms with Gasteiger partial charge < -0.3 is 14.4 Å². The number of benzene rings is 2. The van der Waals surface area contributed by atoms with Crippen molar-refractivity contribution in [3.05, 3.63) is 131 Å². The van der Waals surface area contributed by atoms with E-state index >= 15 is 0 Å². The molecule has 0 N–H and O–H groups in total. The predicted molar refractivity (Wildman–Crippen MR) is 250 cm³/mol. The van der Waals surface area contributed by atoms with Crippen molar-refractivity contribution in [2.45, 2.75) is 105 Å². The first-order valence-corrected chi connectivity index (χ1v) is 21.8. The molecule has 18 heteroatoms. The van der Waals surface area contributed by atoms with Crippen LogP contribution in [0.5, 0.6) is 11.5 Å². The summed E-state index contributed by atoms with van der Waals surface area (Å²) in [5, 5.41) is 16.8. The number of aromatic nitrogens is 8. The molecule has 3 aliphatic heterocycles. The van der Waals surface area contributed by atoms with Crippen molar-refractivity contribution in [2.75, 3.05) is 26.3 Å². The molecule has 6 aromatic rings. The first-order chi connectivity index (χ1) is 32.4. The Morgan fingerprint density at radius 2 is 1.28 bits per heavy atom. The van der Waals surface area contributed by atoms with Gasteiger partial charge >= 0.3 is 6.18 Å². The maximum atomic E-state index is 14.5. The van der Waals surface area contributed by atoms with Crippen LogP contribution in [0, 0.1) is 11.6 Å². The standard InChI is InChI=1S/C23H22FN5O2.C21H21FN4O.C2HF3O.C2H6.2CH4/c1-2-22(30)28-10-7-15(8-11-28)18-13-25-21(29-14-26-27-23(18)29)6-3-16-17-9-12-31-20(17)5-4-19(16)24;22-18-7-8-19-16(10-11-27-19)15(18)6-9-20-23-12-17(14-4-2-1-3-5-14)21-25-24-13-26(20)21;3-2(4,5)1-6;1-2;;/h2,4-5,7,13-14H,1,3,6,8-12H2;4,7-8,12-13H,1-3,5-6,9-11H2;1H;1-2H3;2*1H4/i;;;1D;;. The van der Waals surface area contributed by atoms with Crippen molar-refractivity contribution in [1.29, 1.82) is 0 Å². The fraction of sp³-hybridized carbons (Fsp3) is 0.400. The van der Waals surface area contributed by atoms with Crippen LogP contribution in [0.15, 0.2) is 74.1 Å².